The molecule has 4 aliphatic rings. The number of ether oxygens (including phenoxy) is 3. The lowest BCUT2D eigenvalue weighted by atomic mass is 9.85. The minimum Gasteiger partial charge on any atom is -0.491 e. The summed E-state index contributed by atoms with van der Waals surface area (Å²) in [6.07, 6.45) is 0.0946. The van der Waals surface area contributed by atoms with Crippen molar-refractivity contribution in [3.63, 3.8) is 0 Å². The van der Waals surface area contributed by atoms with Gasteiger partial charge in [0.25, 0.3) is 5.91 Å². The van der Waals surface area contributed by atoms with Gasteiger partial charge in [-0.2, -0.15) is 13.2 Å². The molecule has 2 aliphatic heterocycles. The number of allylic oxidation sites excluding steroid dienone is 1. The maximum Gasteiger partial charge on any atom is 0.427 e. The van der Waals surface area contributed by atoms with E-state index in [2.05, 4.69) is 20.3 Å². The first kappa shape index (κ1) is 43.9. The molecular formula is C40H51F4N5O9S. The molecule has 14 nitrogen and oxygen atoms in total. The molecule has 2 aromatic rings. The summed E-state index contributed by atoms with van der Waals surface area (Å²) in [6, 6.07) is 1.44. The van der Waals surface area contributed by atoms with Crippen LogP contribution in [0.3, 0.4) is 0 Å². The maximum absolute atomic E-state index is 15.1. The van der Waals surface area contributed by atoms with E-state index in [9.17, 15) is 40.8 Å². The number of sulfonamides is 1. The first-order valence-electron chi connectivity index (χ1n) is 20.0. The highest BCUT2D eigenvalue weighted by Crippen LogP contribution is 2.46. The quantitative estimate of drug-likeness (QED) is 0.206. The van der Waals surface area contributed by atoms with Crippen molar-refractivity contribution in [3.05, 3.63) is 42.4 Å². The van der Waals surface area contributed by atoms with E-state index >= 15 is 4.39 Å². The molecule has 1 aromatic carbocycles. The van der Waals surface area contributed by atoms with Crippen LogP contribution in [0.5, 0.6) is 11.6 Å². The highest BCUT2D eigenvalue weighted by atomic mass is 32.2. The van der Waals surface area contributed by atoms with Crippen LogP contribution in [-0.2, 0) is 29.1 Å². The number of nitrogens with one attached hydrogen (secondary N) is 3. The number of alkyl halides is 3. The minimum absolute atomic E-state index is 0.0118. The molecular weight excluding hydrogens is 803 g/mol. The van der Waals surface area contributed by atoms with Gasteiger partial charge in [-0.25, -0.2) is 22.6 Å². The van der Waals surface area contributed by atoms with E-state index in [1.54, 1.807) is 26.0 Å². The molecule has 2 aliphatic carbocycles. The number of halogens is 4. The van der Waals surface area contributed by atoms with Gasteiger partial charge in [-0.15, -0.1) is 0 Å². The summed E-state index contributed by atoms with van der Waals surface area (Å²) < 4.78 is 101. The third-order valence-corrected chi connectivity index (χ3v) is 13.5. The molecule has 7 atom stereocenters. The zero-order valence-corrected chi connectivity index (χ0v) is 34.4. The number of aromatic nitrogens is 1. The Hall–Kier alpha value is -4.68. The molecule has 0 bridgehead atoms. The molecule has 324 valence electrons. The first-order valence-corrected chi connectivity index (χ1v) is 21.5. The van der Waals surface area contributed by atoms with Crippen LogP contribution in [0.25, 0.3) is 10.8 Å². The molecule has 19 heteroatoms. The van der Waals surface area contributed by atoms with E-state index in [-0.39, 0.29) is 48.9 Å². The number of benzene rings is 1. The van der Waals surface area contributed by atoms with Crippen molar-refractivity contribution in [2.75, 3.05) is 13.2 Å². The normalized spacial score (nSPS) is 28.6. The van der Waals surface area contributed by atoms with Crippen molar-refractivity contribution < 1.29 is 59.4 Å². The Morgan fingerprint density at radius 2 is 1.83 bits per heavy atom. The minimum atomic E-state index is -4.94. The Kier molecular flexibility index (Phi) is 12.5. The summed E-state index contributed by atoms with van der Waals surface area (Å²) in [4.78, 5) is 61.8. The van der Waals surface area contributed by atoms with Crippen LogP contribution in [0.15, 0.2) is 36.5 Å². The zero-order valence-electron chi connectivity index (χ0n) is 33.6. The molecule has 0 radical (unpaired) electrons. The molecule has 0 spiro atoms. The molecule has 0 unspecified atom stereocenters. The fourth-order valence-corrected chi connectivity index (χ4v) is 9.19. The van der Waals surface area contributed by atoms with Gasteiger partial charge in [0.05, 0.1) is 18.4 Å². The number of nitrogens with zero attached hydrogens (tertiary/aromatic N) is 2. The molecule has 3 heterocycles. The third kappa shape index (κ3) is 9.54. The Labute approximate surface area is 340 Å². The second-order valence-corrected chi connectivity index (χ2v) is 18.5. The zero-order chi connectivity index (χ0) is 43.1. The lowest BCUT2D eigenvalue weighted by molar-refractivity contribution is -0.244. The number of carbonyl (C=O) groups excluding carboxylic acids is 4. The summed E-state index contributed by atoms with van der Waals surface area (Å²) in [5, 5.41) is 5.22. The highest BCUT2D eigenvalue weighted by Gasteiger charge is 2.62. The fourth-order valence-electron chi connectivity index (χ4n) is 7.83. The SMILES string of the molecule is CCOc1cc2ccnc(O[C@@H]3C[C@H]4C(=O)N[C@]5(C(=O)NS(=O)(=O)C6CC6)C[C@H]5/C=C\CC[C@H](C)C[C@@H](CC)[C@H](NC(=O)OC(C)(C)C(F)(F)F)C(=O)N4C3)c2cc1F. The van der Waals surface area contributed by atoms with Crippen LogP contribution in [0.2, 0.25) is 0 Å². The van der Waals surface area contributed by atoms with Gasteiger partial charge >= 0.3 is 12.3 Å². The number of pyridine rings is 1. The number of hydrogen-bond donors (Lipinski definition) is 3. The summed E-state index contributed by atoms with van der Waals surface area (Å²) in [5.41, 5.74) is -4.58. The van der Waals surface area contributed by atoms with E-state index < -0.39 is 92.2 Å². The van der Waals surface area contributed by atoms with Crippen LogP contribution in [0.1, 0.15) is 86.0 Å². The standard InChI is InChI=1S/C40H51F4N5O9S/c1-6-23-16-22(3)10-8-9-11-25-20-39(25,36(52)48-59(54,55)27-12-13-27)47-33(50)30-18-26(57-34-28-19-29(41)31(56-7-2)17-24(28)14-15-45-34)21-49(30)35(51)32(23)46-37(53)58-38(4,5)40(42,43)44/h9,11,14-15,17,19,22-23,25-27,30,32H,6-8,10,12-13,16,18,20-21H2,1-5H3,(H,46,53)(H,47,50)(H,48,52)/b11-9-/t22-,23+,25+,26+,30-,32-,39+/m0/s1. The van der Waals surface area contributed by atoms with Gasteiger partial charge in [0.15, 0.2) is 11.6 Å². The van der Waals surface area contributed by atoms with E-state index in [4.69, 9.17) is 14.2 Å². The Balaban J connectivity index is 1.37. The topological polar surface area (TPSA) is 182 Å². The van der Waals surface area contributed by atoms with Gasteiger partial charge < -0.3 is 29.7 Å². The first-order chi connectivity index (χ1) is 27.7. The largest absolute Gasteiger partial charge is 0.491 e. The van der Waals surface area contributed by atoms with E-state index in [1.165, 1.54) is 18.3 Å². The van der Waals surface area contributed by atoms with Crippen LogP contribution in [0, 0.1) is 23.6 Å². The summed E-state index contributed by atoms with van der Waals surface area (Å²) in [5.74, 6) is -4.50. The van der Waals surface area contributed by atoms with Crippen molar-refractivity contribution in [1.82, 2.24) is 25.2 Å². The lowest BCUT2D eigenvalue weighted by Crippen LogP contribution is -2.59. The van der Waals surface area contributed by atoms with Crippen LogP contribution in [0.4, 0.5) is 22.4 Å². The van der Waals surface area contributed by atoms with Crippen molar-refractivity contribution in [2.24, 2.45) is 17.8 Å². The molecule has 4 amide bonds. The van der Waals surface area contributed by atoms with E-state index in [1.807, 2.05) is 13.0 Å². The molecule has 2 saturated carbocycles. The Morgan fingerprint density at radius 3 is 2.49 bits per heavy atom. The number of carbonyl (C=O) groups is 4. The van der Waals surface area contributed by atoms with Crippen molar-refractivity contribution in [3.8, 4) is 11.6 Å². The monoisotopic (exact) mass is 853 g/mol. The van der Waals surface area contributed by atoms with Gasteiger partial charge in [0, 0.05) is 23.9 Å². The number of hydrogen-bond acceptors (Lipinski definition) is 10. The highest BCUT2D eigenvalue weighted by molar-refractivity contribution is 7.91. The number of fused-ring (bicyclic) bond motifs is 3. The Bertz CT molecular complexity index is 2100. The van der Waals surface area contributed by atoms with Crippen LogP contribution < -0.4 is 24.8 Å². The van der Waals surface area contributed by atoms with Crippen molar-refractivity contribution in [2.45, 2.75) is 127 Å². The molecule has 1 aromatic heterocycles. The molecule has 3 N–H and O–H groups in total. The average molecular weight is 854 g/mol. The third-order valence-electron chi connectivity index (χ3n) is 11.6. The number of alkyl carbamates (subject to hydrolysis) is 1. The van der Waals surface area contributed by atoms with Gasteiger partial charge in [0.1, 0.15) is 23.7 Å². The van der Waals surface area contributed by atoms with Crippen LogP contribution in [-0.4, -0.2) is 96.0 Å². The second kappa shape index (κ2) is 16.8. The predicted molar refractivity (Wildman–Crippen MR) is 206 cm³/mol. The van der Waals surface area contributed by atoms with Crippen LogP contribution >= 0.6 is 0 Å². The number of rotatable bonds is 10. The average Bonchev–Trinajstić information content (AvgIpc) is 4.08. The molecule has 1 saturated heterocycles. The predicted octanol–water partition coefficient (Wildman–Crippen LogP) is 5.44. The van der Waals surface area contributed by atoms with E-state index in [0.717, 1.165) is 4.90 Å². The summed E-state index contributed by atoms with van der Waals surface area (Å²) >= 11 is 0. The molecule has 6 rings (SSSR count). The summed E-state index contributed by atoms with van der Waals surface area (Å²) in [7, 11) is -4.01. The van der Waals surface area contributed by atoms with Gasteiger partial charge in [-0.05, 0) is 94.7 Å². The lowest BCUT2D eigenvalue weighted by Gasteiger charge is -2.35. The molecule has 3 fully saturated rings. The molecule has 59 heavy (non-hydrogen) atoms. The fraction of sp³-hybridized carbons (Fsp3) is 0.625. The number of amides is 4. The smallest absolute Gasteiger partial charge is 0.427 e. The van der Waals surface area contributed by atoms with Crippen molar-refractivity contribution in [1.29, 1.82) is 0 Å². The Morgan fingerprint density at radius 1 is 1.10 bits per heavy atom. The maximum atomic E-state index is 15.1. The van der Waals surface area contributed by atoms with Gasteiger partial charge in [0.2, 0.25) is 33.3 Å². The van der Waals surface area contributed by atoms with Gasteiger partial charge in [-0.1, -0.05) is 32.4 Å². The van der Waals surface area contributed by atoms with Gasteiger partial charge in [-0.3, -0.25) is 19.1 Å². The van der Waals surface area contributed by atoms with E-state index in [0.29, 0.717) is 57.8 Å². The second-order valence-electron chi connectivity index (χ2n) is 16.5. The summed E-state index contributed by atoms with van der Waals surface area (Å²) in [6.45, 7) is 6.70. The van der Waals surface area contributed by atoms with Crippen molar-refractivity contribution >= 4 is 44.6 Å².